The predicted molar refractivity (Wildman–Crippen MR) is 66.5 cm³/mol. The minimum atomic E-state index is -4.37. The number of anilines is 1. The van der Waals surface area contributed by atoms with E-state index in [1.165, 1.54) is 0 Å². The molecule has 1 heterocycles. The van der Waals surface area contributed by atoms with Gasteiger partial charge in [-0.3, -0.25) is 0 Å². The fourth-order valence-corrected chi connectivity index (χ4v) is 1.40. The van der Waals surface area contributed by atoms with E-state index in [1.807, 2.05) is 13.8 Å². The van der Waals surface area contributed by atoms with E-state index in [-0.39, 0.29) is 5.88 Å². The Morgan fingerprint density at radius 1 is 1.21 bits per heavy atom. The first-order chi connectivity index (χ1) is 8.87. The Kier molecular flexibility index (Phi) is 5.38. The number of halogens is 3. The first-order valence-electron chi connectivity index (χ1n) is 6.18. The zero-order chi connectivity index (χ0) is 14.5. The number of alkyl halides is 3. The maximum Gasteiger partial charge on any atom is 0.422 e. The third-order valence-corrected chi connectivity index (χ3v) is 2.38. The van der Waals surface area contributed by atoms with E-state index in [2.05, 4.69) is 15.3 Å². The summed E-state index contributed by atoms with van der Waals surface area (Å²) in [6, 6.07) is 0. The molecule has 0 unspecified atom stereocenters. The molecule has 4 nitrogen and oxygen atoms in total. The van der Waals surface area contributed by atoms with Crippen molar-refractivity contribution >= 4 is 5.82 Å². The fraction of sp³-hybridized carbons (Fsp3) is 0.667. The molecule has 0 aliphatic heterocycles. The van der Waals surface area contributed by atoms with Gasteiger partial charge in [-0.1, -0.05) is 13.8 Å². The topological polar surface area (TPSA) is 47.0 Å². The number of rotatable bonds is 6. The molecule has 0 amide bonds. The molecule has 0 fully saturated rings. The lowest BCUT2D eigenvalue weighted by molar-refractivity contribution is -0.154. The van der Waals surface area contributed by atoms with Gasteiger partial charge in [-0.25, -0.2) is 4.98 Å². The third-order valence-electron chi connectivity index (χ3n) is 2.38. The molecule has 0 bridgehead atoms. The van der Waals surface area contributed by atoms with Gasteiger partial charge < -0.3 is 10.1 Å². The molecule has 0 radical (unpaired) electrons. The maximum absolute atomic E-state index is 12.2. The van der Waals surface area contributed by atoms with Crippen LogP contribution in [0.5, 0.6) is 5.88 Å². The van der Waals surface area contributed by atoms with Gasteiger partial charge in [0, 0.05) is 13.0 Å². The zero-order valence-electron chi connectivity index (χ0n) is 11.3. The average molecular weight is 277 g/mol. The average Bonchev–Trinajstić information content (AvgIpc) is 2.35. The van der Waals surface area contributed by atoms with Crippen molar-refractivity contribution in [3.05, 3.63) is 11.4 Å². The Balaban J connectivity index is 2.95. The largest absolute Gasteiger partial charge is 0.468 e. The van der Waals surface area contributed by atoms with Crippen molar-refractivity contribution in [3.8, 4) is 5.88 Å². The smallest absolute Gasteiger partial charge is 0.422 e. The second kappa shape index (κ2) is 6.58. The van der Waals surface area contributed by atoms with Crippen LogP contribution in [0.3, 0.4) is 0 Å². The van der Waals surface area contributed by atoms with Crippen LogP contribution in [0.15, 0.2) is 0 Å². The zero-order valence-corrected chi connectivity index (χ0v) is 11.3. The summed E-state index contributed by atoms with van der Waals surface area (Å²) in [4.78, 5) is 8.24. The monoisotopic (exact) mass is 277 g/mol. The molecule has 7 heteroatoms. The van der Waals surface area contributed by atoms with Gasteiger partial charge in [0.25, 0.3) is 0 Å². The molecule has 0 aliphatic rings. The summed E-state index contributed by atoms with van der Waals surface area (Å²) in [6.45, 7) is 4.82. The molecule has 1 aromatic rings. The summed E-state index contributed by atoms with van der Waals surface area (Å²) in [5, 5.41) is 3.06. The van der Waals surface area contributed by atoms with E-state index >= 15 is 0 Å². The molecule has 0 saturated carbocycles. The van der Waals surface area contributed by atoms with Crippen LogP contribution >= 0.6 is 0 Å². The number of hydrogen-bond acceptors (Lipinski definition) is 4. The first kappa shape index (κ1) is 15.5. The number of ether oxygens (including phenoxy) is 1. The highest BCUT2D eigenvalue weighted by Crippen LogP contribution is 2.24. The normalized spacial score (nSPS) is 11.5. The summed E-state index contributed by atoms with van der Waals surface area (Å²) < 4.78 is 41.3. The summed E-state index contributed by atoms with van der Waals surface area (Å²) in [6.07, 6.45) is -2.95. The number of aromatic nitrogens is 2. The third kappa shape index (κ3) is 4.92. The van der Waals surface area contributed by atoms with Gasteiger partial charge in [-0.05, 0) is 13.3 Å². The van der Waals surface area contributed by atoms with Gasteiger partial charge in [-0.2, -0.15) is 18.2 Å². The molecular weight excluding hydrogens is 259 g/mol. The Morgan fingerprint density at radius 2 is 1.89 bits per heavy atom. The summed E-state index contributed by atoms with van der Waals surface area (Å²) in [7, 11) is 0. The van der Waals surface area contributed by atoms with E-state index in [0.29, 0.717) is 30.2 Å². The van der Waals surface area contributed by atoms with Gasteiger partial charge in [0.1, 0.15) is 11.6 Å². The van der Waals surface area contributed by atoms with Crippen molar-refractivity contribution < 1.29 is 17.9 Å². The van der Waals surface area contributed by atoms with Crippen molar-refractivity contribution in [2.75, 3.05) is 18.5 Å². The van der Waals surface area contributed by atoms with Crippen molar-refractivity contribution in [2.45, 2.75) is 39.8 Å². The van der Waals surface area contributed by atoms with Gasteiger partial charge in [-0.15, -0.1) is 0 Å². The maximum atomic E-state index is 12.2. The van der Waals surface area contributed by atoms with Gasteiger partial charge in [0.2, 0.25) is 5.88 Å². The molecule has 0 saturated heterocycles. The molecule has 0 atom stereocenters. The van der Waals surface area contributed by atoms with Crippen LogP contribution in [0.2, 0.25) is 0 Å². The van der Waals surface area contributed by atoms with Crippen LogP contribution in [-0.2, 0) is 6.42 Å². The standard InChI is InChI=1S/C12H18F3N3O/c1-4-6-16-10-8(3)11(18-9(5-2)17-10)19-7-12(13,14)15/h4-7H2,1-3H3,(H,16,17,18). The highest BCUT2D eigenvalue weighted by Gasteiger charge is 2.29. The van der Waals surface area contributed by atoms with Crippen molar-refractivity contribution in [3.63, 3.8) is 0 Å². The number of hydrogen-bond donors (Lipinski definition) is 1. The minimum Gasteiger partial charge on any atom is -0.468 e. The van der Waals surface area contributed by atoms with Crippen LogP contribution in [0.4, 0.5) is 19.0 Å². The molecule has 0 aliphatic carbocycles. The van der Waals surface area contributed by atoms with E-state index in [0.717, 1.165) is 6.42 Å². The first-order valence-corrected chi connectivity index (χ1v) is 6.18. The molecule has 108 valence electrons. The van der Waals surface area contributed by atoms with E-state index < -0.39 is 12.8 Å². The Hall–Kier alpha value is -1.53. The van der Waals surface area contributed by atoms with Crippen LogP contribution in [0.25, 0.3) is 0 Å². The van der Waals surface area contributed by atoms with E-state index in [1.54, 1.807) is 6.92 Å². The highest BCUT2D eigenvalue weighted by molar-refractivity contribution is 5.48. The quantitative estimate of drug-likeness (QED) is 0.868. The molecule has 0 spiro atoms. The lowest BCUT2D eigenvalue weighted by Crippen LogP contribution is -2.21. The second-order valence-electron chi connectivity index (χ2n) is 4.10. The van der Waals surface area contributed by atoms with Crippen LogP contribution in [0.1, 0.15) is 31.7 Å². The van der Waals surface area contributed by atoms with Crippen LogP contribution in [-0.4, -0.2) is 29.3 Å². The van der Waals surface area contributed by atoms with Crippen LogP contribution in [0, 0.1) is 6.92 Å². The van der Waals surface area contributed by atoms with Crippen molar-refractivity contribution in [2.24, 2.45) is 0 Å². The molecule has 1 rings (SSSR count). The van der Waals surface area contributed by atoms with E-state index in [9.17, 15) is 13.2 Å². The molecule has 1 aromatic heterocycles. The van der Waals surface area contributed by atoms with Crippen molar-refractivity contribution in [1.82, 2.24) is 9.97 Å². The summed E-state index contributed by atoms with van der Waals surface area (Å²) in [5.41, 5.74) is 0.495. The van der Waals surface area contributed by atoms with Gasteiger partial charge in [0.05, 0.1) is 5.56 Å². The second-order valence-corrected chi connectivity index (χ2v) is 4.10. The molecule has 0 aromatic carbocycles. The number of nitrogens with zero attached hydrogens (tertiary/aromatic N) is 2. The highest BCUT2D eigenvalue weighted by atomic mass is 19.4. The fourth-order valence-electron chi connectivity index (χ4n) is 1.40. The van der Waals surface area contributed by atoms with E-state index in [4.69, 9.17) is 4.74 Å². The number of aryl methyl sites for hydroxylation is 1. The SMILES string of the molecule is CCCNc1nc(CC)nc(OCC(F)(F)F)c1C. The summed E-state index contributed by atoms with van der Waals surface area (Å²) in [5.74, 6) is 0.982. The molecule has 19 heavy (non-hydrogen) atoms. The Morgan fingerprint density at radius 3 is 2.42 bits per heavy atom. The lowest BCUT2D eigenvalue weighted by atomic mass is 10.3. The minimum absolute atomic E-state index is 0.0113. The van der Waals surface area contributed by atoms with Gasteiger partial charge >= 0.3 is 6.18 Å². The summed E-state index contributed by atoms with van der Waals surface area (Å²) >= 11 is 0. The lowest BCUT2D eigenvalue weighted by Gasteiger charge is -2.14. The molecular formula is C12H18F3N3O. The van der Waals surface area contributed by atoms with Crippen molar-refractivity contribution in [1.29, 1.82) is 0 Å². The Labute approximate surface area is 110 Å². The Bertz CT molecular complexity index is 421. The number of nitrogens with one attached hydrogen (secondary N) is 1. The molecule has 1 N–H and O–H groups in total. The predicted octanol–water partition coefficient (Wildman–Crippen LogP) is 3.11. The van der Waals surface area contributed by atoms with Crippen LogP contribution < -0.4 is 10.1 Å². The van der Waals surface area contributed by atoms with Gasteiger partial charge in [0.15, 0.2) is 6.61 Å².